The van der Waals surface area contributed by atoms with E-state index >= 15 is 0 Å². The summed E-state index contributed by atoms with van der Waals surface area (Å²) in [4.78, 5) is 28.3. The van der Waals surface area contributed by atoms with Crippen molar-refractivity contribution in [3.63, 3.8) is 0 Å². The Labute approximate surface area is 150 Å². The van der Waals surface area contributed by atoms with Crippen molar-refractivity contribution in [1.29, 1.82) is 0 Å². The third kappa shape index (κ3) is 4.23. The van der Waals surface area contributed by atoms with Crippen LogP contribution in [0.3, 0.4) is 0 Å². The van der Waals surface area contributed by atoms with E-state index in [0.29, 0.717) is 5.56 Å². The summed E-state index contributed by atoms with van der Waals surface area (Å²) in [6.45, 7) is 6.43. The Morgan fingerprint density at radius 1 is 1.36 bits per heavy atom. The molecule has 0 bridgehead atoms. The fourth-order valence-corrected chi connectivity index (χ4v) is 3.64. The van der Waals surface area contributed by atoms with Gasteiger partial charge < -0.3 is 10.8 Å². The summed E-state index contributed by atoms with van der Waals surface area (Å²) in [5.74, 6) is -0.349. The molecule has 1 aliphatic heterocycles. The van der Waals surface area contributed by atoms with Crippen LogP contribution < -0.4 is 5.73 Å². The number of nitrogens with two attached hydrogens (primary N) is 1. The van der Waals surface area contributed by atoms with E-state index in [4.69, 9.17) is 10.6 Å². The molecule has 8 nitrogen and oxygen atoms in total. The standard InChI is InChI=1S/C16H22N4O4S/c1-11(21)20-16(25-13(17)18-20,12-8-6-5-7-9-12)10-19(14(22)23)24-15(2,3)4/h5-9H,10H2,1-4H3,(H2,17,18)(H,22,23). The molecule has 0 saturated heterocycles. The molecule has 3 N–H and O–H groups in total. The monoisotopic (exact) mass is 366 g/mol. The molecule has 0 fully saturated rings. The van der Waals surface area contributed by atoms with Gasteiger partial charge >= 0.3 is 6.09 Å². The van der Waals surface area contributed by atoms with E-state index in [9.17, 15) is 14.7 Å². The molecule has 0 radical (unpaired) electrons. The molecule has 0 saturated carbocycles. The van der Waals surface area contributed by atoms with Crippen LogP contribution >= 0.6 is 11.8 Å². The van der Waals surface area contributed by atoms with Gasteiger partial charge in [-0.3, -0.25) is 9.63 Å². The van der Waals surface area contributed by atoms with Crippen LogP contribution in [0.4, 0.5) is 4.79 Å². The lowest BCUT2D eigenvalue weighted by atomic mass is 10.1. The van der Waals surface area contributed by atoms with Crippen LogP contribution in [-0.2, 0) is 14.5 Å². The zero-order valence-corrected chi connectivity index (χ0v) is 15.4. The van der Waals surface area contributed by atoms with Crippen LogP contribution in [0.2, 0.25) is 0 Å². The van der Waals surface area contributed by atoms with Crippen LogP contribution in [-0.4, -0.2) is 44.5 Å². The maximum Gasteiger partial charge on any atom is 0.431 e. The first-order valence-electron chi connectivity index (χ1n) is 7.64. The minimum atomic E-state index is -1.26. The van der Waals surface area contributed by atoms with Crippen molar-refractivity contribution in [2.75, 3.05) is 6.54 Å². The Morgan fingerprint density at radius 2 is 1.96 bits per heavy atom. The first-order valence-corrected chi connectivity index (χ1v) is 8.46. The summed E-state index contributed by atoms with van der Waals surface area (Å²) in [7, 11) is 0. The van der Waals surface area contributed by atoms with Gasteiger partial charge in [-0.05, 0) is 38.1 Å². The van der Waals surface area contributed by atoms with Gasteiger partial charge in [0.05, 0.1) is 12.1 Å². The zero-order chi connectivity index (χ0) is 18.8. The van der Waals surface area contributed by atoms with E-state index < -0.39 is 16.6 Å². The van der Waals surface area contributed by atoms with Crippen LogP contribution in [0.15, 0.2) is 35.4 Å². The van der Waals surface area contributed by atoms with Crippen LogP contribution in [0.25, 0.3) is 0 Å². The van der Waals surface area contributed by atoms with Gasteiger partial charge in [0, 0.05) is 6.92 Å². The molecule has 1 atom stereocenters. The van der Waals surface area contributed by atoms with Gasteiger partial charge in [-0.25, -0.2) is 9.80 Å². The van der Waals surface area contributed by atoms with Gasteiger partial charge in [-0.15, -0.1) is 5.10 Å². The highest BCUT2D eigenvalue weighted by Gasteiger charge is 2.50. The van der Waals surface area contributed by atoms with E-state index in [1.807, 2.05) is 6.07 Å². The number of rotatable bonds is 4. The maximum atomic E-state index is 12.2. The number of carbonyl (C=O) groups is 2. The van der Waals surface area contributed by atoms with E-state index in [1.54, 1.807) is 45.0 Å². The molecule has 1 aliphatic rings. The lowest BCUT2D eigenvalue weighted by molar-refractivity contribution is -0.211. The lowest BCUT2D eigenvalue weighted by Crippen LogP contribution is -2.51. The van der Waals surface area contributed by atoms with E-state index in [-0.39, 0.29) is 17.6 Å². The number of amidine groups is 1. The molecule has 0 aromatic heterocycles. The molecule has 1 heterocycles. The fourth-order valence-electron chi connectivity index (χ4n) is 2.48. The smallest absolute Gasteiger partial charge is 0.431 e. The normalized spacial score (nSPS) is 20.3. The fraction of sp³-hybridized carbons (Fsp3) is 0.438. The summed E-state index contributed by atoms with van der Waals surface area (Å²) in [5.41, 5.74) is 5.84. The second kappa shape index (κ2) is 6.93. The highest BCUT2D eigenvalue weighted by atomic mass is 32.2. The molecule has 136 valence electrons. The summed E-state index contributed by atoms with van der Waals surface area (Å²) < 4.78 is 0. The molecule has 9 heteroatoms. The van der Waals surface area contributed by atoms with Crippen molar-refractivity contribution in [1.82, 2.24) is 10.1 Å². The Morgan fingerprint density at radius 3 is 2.44 bits per heavy atom. The van der Waals surface area contributed by atoms with E-state index in [2.05, 4.69) is 5.10 Å². The Hall–Kier alpha value is -2.26. The zero-order valence-electron chi connectivity index (χ0n) is 14.6. The average Bonchev–Trinajstić information content (AvgIpc) is 2.84. The minimum absolute atomic E-state index is 0.155. The van der Waals surface area contributed by atoms with E-state index in [0.717, 1.165) is 16.8 Å². The van der Waals surface area contributed by atoms with Gasteiger partial charge in [0.1, 0.15) is 0 Å². The van der Waals surface area contributed by atoms with Crippen LogP contribution in [0.1, 0.15) is 33.3 Å². The van der Waals surface area contributed by atoms with Gasteiger partial charge in [0.2, 0.25) is 5.91 Å². The van der Waals surface area contributed by atoms with Crippen molar-refractivity contribution in [2.24, 2.45) is 10.8 Å². The molecule has 1 aromatic carbocycles. The third-order valence-electron chi connectivity index (χ3n) is 3.29. The number of hydroxylamine groups is 2. The largest absolute Gasteiger partial charge is 0.463 e. The molecule has 1 unspecified atom stereocenters. The number of hydrazone groups is 1. The molecule has 2 amide bonds. The average molecular weight is 366 g/mol. The second-order valence-electron chi connectivity index (χ2n) is 6.54. The van der Waals surface area contributed by atoms with Gasteiger partial charge in [-0.2, -0.15) is 5.06 Å². The van der Waals surface area contributed by atoms with E-state index in [1.165, 1.54) is 11.9 Å². The number of carboxylic acid groups (broad SMARTS) is 1. The molecule has 25 heavy (non-hydrogen) atoms. The number of hydrogen-bond acceptors (Lipinski definition) is 6. The highest BCUT2D eigenvalue weighted by molar-refractivity contribution is 8.14. The van der Waals surface area contributed by atoms with Crippen molar-refractivity contribution >= 4 is 28.9 Å². The van der Waals surface area contributed by atoms with Gasteiger partial charge in [0.15, 0.2) is 10.0 Å². The number of benzene rings is 1. The van der Waals surface area contributed by atoms with Crippen molar-refractivity contribution in [3.05, 3.63) is 35.9 Å². The Balaban J connectivity index is 2.49. The number of hydrogen-bond donors (Lipinski definition) is 2. The van der Waals surface area contributed by atoms with Crippen LogP contribution in [0.5, 0.6) is 0 Å². The van der Waals surface area contributed by atoms with Gasteiger partial charge in [-0.1, -0.05) is 30.3 Å². The summed E-state index contributed by atoms with van der Waals surface area (Å²) >= 11 is 1.12. The van der Waals surface area contributed by atoms with Crippen LogP contribution in [0, 0.1) is 0 Å². The highest BCUT2D eigenvalue weighted by Crippen LogP contribution is 2.45. The second-order valence-corrected chi connectivity index (χ2v) is 7.84. The number of nitrogens with zero attached hydrogens (tertiary/aromatic N) is 3. The summed E-state index contributed by atoms with van der Waals surface area (Å²) in [6.07, 6.45) is -1.26. The molecule has 0 aliphatic carbocycles. The quantitative estimate of drug-likeness (QED) is 0.792. The Kier molecular flexibility index (Phi) is 5.28. The minimum Gasteiger partial charge on any atom is -0.463 e. The van der Waals surface area contributed by atoms with Gasteiger partial charge in [0.25, 0.3) is 0 Å². The summed E-state index contributed by atoms with van der Waals surface area (Å²) in [6, 6.07) is 9.04. The Bertz CT molecular complexity index is 689. The molecule has 0 spiro atoms. The van der Waals surface area contributed by atoms with Crippen molar-refractivity contribution in [3.8, 4) is 0 Å². The van der Waals surface area contributed by atoms with Crippen molar-refractivity contribution < 1.29 is 19.5 Å². The first-order chi connectivity index (χ1) is 11.5. The van der Waals surface area contributed by atoms with Crippen molar-refractivity contribution in [2.45, 2.75) is 38.2 Å². The molecular weight excluding hydrogens is 344 g/mol. The molecule has 2 rings (SSSR count). The summed E-state index contributed by atoms with van der Waals surface area (Å²) in [5, 5.41) is 15.9. The lowest BCUT2D eigenvalue weighted by Gasteiger charge is -2.39. The number of carbonyl (C=O) groups excluding carboxylic acids is 1. The number of thioether (sulfide) groups is 1. The molecule has 1 aromatic rings. The topological polar surface area (TPSA) is 108 Å². The number of amides is 2. The SMILES string of the molecule is CC(=O)N1N=C(N)SC1(CN(OC(C)(C)C)C(=O)O)c1ccccc1. The molecular formula is C16H22N4O4S. The predicted octanol–water partition coefficient (Wildman–Crippen LogP) is 2.37. The predicted molar refractivity (Wildman–Crippen MR) is 95.4 cm³/mol. The third-order valence-corrected chi connectivity index (χ3v) is 4.46. The first kappa shape index (κ1) is 19.1. The maximum absolute atomic E-state index is 12.2.